The van der Waals surface area contributed by atoms with Crippen LogP contribution < -0.4 is 5.73 Å². The third kappa shape index (κ3) is 2.40. The molecular formula is C13H12N6OS. The Morgan fingerprint density at radius 2 is 2.14 bits per heavy atom. The molecule has 0 saturated heterocycles. The Kier molecular flexibility index (Phi) is 3.44. The van der Waals surface area contributed by atoms with E-state index < -0.39 is 0 Å². The van der Waals surface area contributed by atoms with Crippen molar-refractivity contribution in [2.75, 3.05) is 0 Å². The smallest absolute Gasteiger partial charge is 0.190 e. The molecule has 8 heteroatoms. The van der Waals surface area contributed by atoms with Gasteiger partial charge in [0.1, 0.15) is 6.33 Å². The van der Waals surface area contributed by atoms with Crippen LogP contribution in [-0.2, 0) is 7.05 Å². The normalized spacial score (nSPS) is 12.0. The summed E-state index contributed by atoms with van der Waals surface area (Å²) >= 11 is 1.40. The second kappa shape index (κ2) is 5.41. The van der Waals surface area contributed by atoms with E-state index in [1.54, 1.807) is 10.9 Å². The number of para-hydroxylation sites is 1. The molecule has 0 aliphatic carbocycles. The minimum Gasteiger partial charge on any atom is -0.409 e. The molecule has 0 aliphatic heterocycles. The molecule has 0 saturated carbocycles. The summed E-state index contributed by atoms with van der Waals surface area (Å²) in [5, 5.41) is 17.7. The van der Waals surface area contributed by atoms with E-state index in [1.165, 1.54) is 18.1 Å². The summed E-state index contributed by atoms with van der Waals surface area (Å²) in [6.07, 6.45) is 3.07. The van der Waals surface area contributed by atoms with Gasteiger partial charge in [0.25, 0.3) is 0 Å². The lowest BCUT2D eigenvalue weighted by atomic mass is 10.1. The van der Waals surface area contributed by atoms with Gasteiger partial charge in [0.05, 0.1) is 11.1 Å². The Morgan fingerprint density at radius 1 is 1.33 bits per heavy atom. The number of amidine groups is 1. The highest BCUT2D eigenvalue weighted by atomic mass is 32.2. The minimum absolute atomic E-state index is 0.0120. The number of hydrogen-bond donors (Lipinski definition) is 2. The summed E-state index contributed by atoms with van der Waals surface area (Å²) in [5.41, 5.74) is 7.15. The van der Waals surface area contributed by atoms with Crippen LogP contribution in [0.2, 0.25) is 0 Å². The molecule has 0 unspecified atom stereocenters. The molecular weight excluding hydrogens is 288 g/mol. The van der Waals surface area contributed by atoms with E-state index >= 15 is 0 Å². The summed E-state index contributed by atoms with van der Waals surface area (Å²) in [4.78, 5) is 9.36. The maximum absolute atomic E-state index is 8.96. The molecule has 0 spiro atoms. The van der Waals surface area contributed by atoms with Crippen LogP contribution in [0.4, 0.5) is 0 Å². The maximum Gasteiger partial charge on any atom is 0.190 e. The van der Waals surface area contributed by atoms with E-state index in [-0.39, 0.29) is 5.84 Å². The molecule has 2 aromatic heterocycles. The molecule has 1 aromatic carbocycles. The van der Waals surface area contributed by atoms with Gasteiger partial charge in [0, 0.05) is 23.5 Å². The number of benzene rings is 1. The third-order valence-corrected chi connectivity index (χ3v) is 4.17. The monoisotopic (exact) mass is 300 g/mol. The van der Waals surface area contributed by atoms with Crippen molar-refractivity contribution in [1.29, 1.82) is 0 Å². The first kappa shape index (κ1) is 13.4. The molecule has 3 rings (SSSR count). The van der Waals surface area contributed by atoms with Crippen LogP contribution in [0.1, 0.15) is 5.56 Å². The van der Waals surface area contributed by atoms with Gasteiger partial charge in [0.15, 0.2) is 11.0 Å². The Bertz CT molecular complexity index is 828. The highest BCUT2D eigenvalue weighted by Gasteiger charge is 2.15. The molecule has 0 bridgehead atoms. The summed E-state index contributed by atoms with van der Waals surface area (Å²) in [6, 6.07) is 7.68. The second-order valence-electron chi connectivity index (χ2n) is 4.27. The van der Waals surface area contributed by atoms with Crippen molar-refractivity contribution < 1.29 is 5.21 Å². The lowest BCUT2D eigenvalue weighted by molar-refractivity contribution is 0.318. The Balaban J connectivity index is 2.23. The highest BCUT2D eigenvalue weighted by Crippen LogP contribution is 2.34. The number of aromatic nitrogens is 4. The molecule has 2 heterocycles. The van der Waals surface area contributed by atoms with Crippen LogP contribution in [0.5, 0.6) is 0 Å². The topological polar surface area (TPSA) is 102 Å². The van der Waals surface area contributed by atoms with Crippen LogP contribution in [0, 0.1) is 0 Å². The molecule has 0 amide bonds. The van der Waals surface area contributed by atoms with Crippen LogP contribution in [0.15, 0.2) is 52.0 Å². The predicted octanol–water partition coefficient (Wildman–Crippen LogP) is 1.61. The van der Waals surface area contributed by atoms with E-state index in [4.69, 9.17) is 10.9 Å². The lowest BCUT2D eigenvalue weighted by Crippen LogP contribution is -2.15. The van der Waals surface area contributed by atoms with Crippen molar-refractivity contribution in [2.45, 2.75) is 10.1 Å². The fourth-order valence-corrected chi connectivity index (χ4v) is 2.94. The van der Waals surface area contributed by atoms with Crippen LogP contribution >= 0.6 is 11.8 Å². The molecule has 21 heavy (non-hydrogen) atoms. The Labute approximate surface area is 124 Å². The second-order valence-corrected chi connectivity index (χ2v) is 5.25. The molecule has 3 aromatic rings. The number of nitrogens with two attached hydrogens (primary N) is 1. The van der Waals surface area contributed by atoms with Gasteiger partial charge in [0.2, 0.25) is 0 Å². The number of oxime groups is 1. The zero-order valence-corrected chi connectivity index (χ0v) is 11.9. The summed E-state index contributed by atoms with van der Waals surface area (Å²) in [6.45, 7) is 0. The summed E-state index contributed by atoms with van der Waals surface area (Å²) in [7, 11) is 1.81. The van der Waals surface area contributed by atoms with Gasteiger partial charge in [-0.3, -0.25) is 4.98 Å². The predicted molar refractivity (Wildman–Crippen MR) is 79.4 cm³/mol. The van der Waals surface area contributed by atoms with Crippen LogP contribution in [0.3, 0.4) is 0 Å². The van der Waals surface area contributed by atoms with Gasteiger partial charge in [-0.25, -0.2) is 9.67 Å². The first-order valence-electron chi connectivity index (χ1n) is 6.08. The Hall–Kier alpha value is -2.61. The zero-order valence-electron chi connectivity index (χ0n) is 11.1. The SMILES string of the molecule is Cn1ncnc1Sc1c(/C(N)=N/O)cnc2ccccc12. The van der Waals surface area contributed by atoms with Gasteiger partial charge in [-0.15, -0.1) is 0 Å². The number of aryl methyl sites for hydroxylation is 1. The van der Waals surface area contributed by atoms with E-state index in [0.29, 0.717) is 10.7 Å². The van der Waals surface area contributed by atoms with Crippen molar-refractivity contribution in [1.82, 2.24) is 19.7 Å². The van der Waals surface area contributed by atoms with Crippen molar-refractivity contribution >= 4 is 28.5 Å². The minimum atomic E-state index is 0.0120. The maximum atomic E-state index is 8.96. The molecule has 0 fully saturated rings. The van der Waals surface area contributed by atoms with Gasteiger partial charge in [-0.1, -0.05) is 23.4 Å². The molecule has 7 nitrogen and oxygen atoms in total. The first-order valence-corrected chi connectivity index (χ1v) is 6.90. The van der Waals surface area contributed by atoms with Crippen molar-refractivity contribution in [2.24, 2.45) is 17.9 Å². The van der Waals surface area contributed by atoms with Gasteiger partial charge in [-0.2, -0.15) is 5.10 Å². The molecule has 106 valence electrons. The van der Waals surface area contributed by atoms with Gasteiger partial charge < -0.3 is 10.9 Å². The first-order chi connectivity index (χ1) is 10.2. The quantitative estimate of drug-likeness (QED) is 0.330. The number of fused-ring (bicyclic) bond motifs is 1. The van der Waals surface area contributed by atoms with Crippen molar-refractivity contribution in [3.8, 4) is 0 Å². The van der Waals surface area contributed by atoms with E-state index in [2.05, 4.69) is 20.2 Å². The van der Waals surface area contributed by atoms with Gasteiger partial charge >= 0.3 is 0 Å². The van der Waals surface area contributed by atoms with Crippen LogP contribution in [-0.4, -0.2) is 30.8 Å². The number of hydrogen-bond acceptors (Lipinski definition) is 6. The number of nitrogens with zero attached hydrogens (tertiary/aromatic N) is 5. The third-order valence-electron chi connectivity index (χ3n) is 2.97. The van der Waals surface area contributed by atoms with E-state index in [0.717, 1.165) is 15.8 Å². The average molecular weight is 300 g/mol. The molecule has 0 atom stereocenters. The van der Waals surface area contributed by atoms with Crippen molar-refractivity contribution in [3.05, 3.63) is 42.4 Å². The fourth-order valence-electron chi connectivity index (χ4n) is 1.93. The van der Waals surface area contributed by atoms with Crippen molar-refractivity contribution in [3.63, 3.8) is 0 Å². The Morgan fingerprint density at radius 3 is 2.86 bits per heavy atom. The highest BCUT2D eigenvalue weighted by molar-refractivity contribution is 7.99. The van der Waals surface area contributed by atoms with Crippen LogP contribution in [0.25, 0.3) is 10.9 Å². The lowest BCUT2D eigenvalue weighted by Gasteiger charge is -2.10. The van der Waals surface area contributed by atoms with Gasteiger partial charge in [-0.05, 0) is 17.8 Å². The molecule has 0 radical (unpaired) electrons. The largest absolute Gasteiger partial charge is 0.409 e. The van der Waals surface area contributed by atoms with E-state index in [1.807, 2.05) is 31.3 Å². The van der Waals surface area contributed by atoms with E-state index in [9.17, 15) is 0 Å². The summed E-state index contributed by atoms with van der Waals surface area (Å²) in [5.74, 6) is 0.0120. The fraction of sp³-hybridized carbons (Fsp3) is 0.0769. The standard InChI is InChI=1S/C13H12N6OS/c1-19-13(16-7-17-19)21-11-8-4-2-3-5-10(8)15-6-9(11)12(14)18-20/h2-7,20H,1H3,(H2,14,18). The summed E-state index contributed by atoms with van der Waals surface area (Å²) < 4.78 is 1.66. The molecule has 3 N–H and O–H groups in total. The average Bonchev–Trinajstić information content (AvgIpc) is 2.92. The number of rotatable bonds is 3. The number of pyridine rings is 1. The zero-order chi connectivity index (χ0) is 14.8. The molecule has 0 aliphatic rings.